The van der Waals surface area contributed by atoms with Gasteiger partial charge in [0.15, 0.2) is 0 Å². The quantitative estimate of drug-likeness (QED) is 0.779. The van der Waals surface area contributed by atoms with E-state index in [0.717, 1.165) is 16.8 Å². The fourth-order valence-corrected chi connectivity index (χ4v) is 2.05. The Balaban J connectivity index is 2.51. The highest BCUT2D eigenvalue weighted by Gasteiger charge is 2.07. The van der Waals surface area contributed by atoms with Crippen LogP contribution in [-0.2, 0) is 9.53 Å². The molecule has 1 aromatic carbocycles. The number of hydrogen-bond donors (Lipinski definition) is 2. The van der Waals surface area contributed by atoms with Gasteiger partial charge in [-0.1, -0.05) is 17.7 Å². The number of hydrogen-bond acceptors (Lipinski definition) is 3. The van der Waals surface area contributed by atoms with E-state index in [0.29, 0.717) is 18.2 Å². The maximum Gasteiger partial charge on any atom is 0.239 e. The summed E-state index contributed by atoms with van der Waals surface area (Å²) in [5.41, 5.74) is 2.95. The largest absolute Gasteiger partial charge is 0.383 e. The van der Waals surface area contributed by atoms with Gasteiger partial charge < -0.3 is 15.4 Å². The van der Waals surface area contributed by atoms with Gasteiger partial charge in [0.05, 0.1) is 23.9 Å². The van der Waals surface area contributed by atoms with E-state index < -0.39 is 0 Å². The van der Waals surface area contributed by atoms with Gasteiger partial charge in [0, 0.05) is 13.7 Å². The normalized spacial score (nSPS) is 10.2. The van der Waals surface area contributed by atoms with Crippen molar-refractivity contribution in [1.82, 2.24) is 5.32 Å². The van der Waals surface area contributed by atoms with E-state index in [4.69, 9.17) is 16.3 Å². The minimum atomic E-state index is -0.0805. The predicted octanol–water partition coefficient (Wildman–Crippen LogP) is 2.13. The van der Waals surface area contributed by atoms with Crippen LogP contribution in [0.2, 0.25) is 5.02 Å². The van der Waals surface area contributed by atoms with Crippen LogP contribution in [-0.4, -0.2) is 32.7 Å². The summed E-state index contributed by atoms with van der Waals surface area (Å²) >= 11 is 6.13. The summed E-state index contributed by atoms with van der Waals surface area (Å²) in [6, 6.07) is 3.90. The van der Waals surface area contributed by atoms with Crippen LogP contribution in [0.15, 0.2) is 12.1 Å². The van der Waals surface area contributed by atoms with Crippen LogP contribution in [0.5, 0.6) is 0 Å². The smallest absolute Gasteiger partial charge is 0.239 e. The van der Waals surface area contributed by atoms with Crippen LogP contribution in [0, 0.1) is 13.8 Å². The zero-order valence-electron chi connectivity index (χ0n) is 11.0. The van der Waals surface area contributed by atoms with Crippen molar-refractivity contribution in [3.8, 4) is 0 Å². The van der Waals surface area contributed by atoms with Crippen molar-refractivity contribution in [3.05, 3.63) is 28.3 Å². The number of anilines is 1. The molecule has 4 nitrogen and oxygen atoms in total. The lowest BCUT2D eigenvalue weighted by Gasteiger charge is -2.12. The third kappa shape index (κ3) is 4.55. The van der Waals surface area contributed by atoms with E-state index in [-0.39, 0.29) is 12.5 Å². The van der Waals surface area contributed by atoms with Gasteiger partial charge in [-0.15, -0.1) is 0 Å². The van der Waals surface area contributed by atoms with Gasteiger partial charge in [0.2, 0.25) is 5.91 Å². The topological polar surface area (TPSA) is 50.4 Å². The molecule has 0 aliphatic carbocycles. The molecule has 0 atom stereocenters. The van der Waals surface area contributed by atoms with Gasteiger partial charge in [-0.25, -0.2) is 0 Å². The molecule has 0 fully saturated rings. The molecule has 0 aliphatic rings. The Hall–Kier alpha value is -1.26. The fourth-order valence-electron chi connectivity index (χ4n) is 1.66. The summed E-state index contributed by atoms with van der Waals surface area (Å²) in [4.78, 5) is 11.5. The number of aryl methyl sites for hydroxylation is 2. The van der Waals surface area contributed by atoms with Crippen molar-refractivity contribution < 1.29 is 9.53 Å². The number of ether oxygens (including phenoxy) is 1. The van der Waals surface area contributed by atoms with Crippen LogP contribution in [0.3, 0.4) is 0 Å². The number of methoxy groups -OCH3 is 1. The molecule has 2 N–H and O–H groups in total. The second-order valence-electron chi connectivity index (χ2n) is 4.13. The Morgan fingerprint density at radius 2 is 2.11 bits per heavy atom. The monoisotopic (exact) mass is 270 g/mol. The van der Waals surface area contributed by atoms with Gasteiger partial charge in [-0.2, -0.15) is 0 Å². The highest BCUT2D eigenvalue weighted by atomic mass is 35.5. The van der Waals surface area contributed by atoms with Gasteiger partial charge in [-0.3, -0.25) is 4.79 Å². The van der Waals surface area contributed by atoms with E-state index in [2.05, 4.69) is 10.6 Å². The summed E-state index contributed by atoms with van der Waals surface area (Å²) in [5, 5.41) is 6.42. The van der Waals surface area contributed by atoms with Crippen molar-refractivity contribution in [2.24, 2.45) is 0 Å². The number of nitrogens with one attached hydrogen (secondary N) is 2. The first-order valence-corrected chi connectivity index (χ1v) is 6.18. The van der Waals surface area contributed by atoms with Crippen LogP contribution in [0.4, 0.5) is 5.69 Å². The standard InChI is InChI=1S/C13H19ClN2O2/c1-9-6-10(2)13(11(14)7-9)16-8-12(17)15-4-5-18-3/h6-7,16H,4-5,8H2,1-3H3,(H,15,17). The van der Waals surface area contributed by atoms with E-state index >= 15 is 0 Å². The molecule has 0 unspecified atom stereocenters. The van der Waals surface area contributed by atoms with Crippen LogP contribution in [0.1, 0.15) is 11.1 Å². The molecular formula is C13H19ClN2O2. The average Bonchev–Trinajstić information content (AvgIpc) is 2.27. The fraction of sp³-hybridized carbons (Fsp3) is 0.462. The second-order valence-corrected chi connectivity index (χ2v) is 4.54. The highest BCUT2D eigenvalue weighted by Crippen LogP contribution is 2.26. The Morgan fingerprint density at radius 3 is 2.72 bits per heavy atom. The summed E-state index contributed by atoms with van der Waals surface area (Å²) in [6.07, 6.45) is 0. The zero-order chi connectivity index (χ0) is 13.5. The van der Waals surface area contributed by atoms with Crippen molar-refractivity contribution >= 4 is 23.2 Å². The molecule has 0 spiro atoms. The van der Waals surface area contributed by atoms with Gasteiger partial charge in [0.25, 0.3) is 0 Å². The van der Waals surface area contributed by atoms with E-state index in [1.54, 1.807) is 7.11 Å². The molecule has 0 aliphatic heterocycles. The van der Waals surface area contributed by atoms with Gasteiger partial charge in [-0.05, 0) is 31.0 Å². The van der Waals surface area contributed by atoms with Crippen LogP contribution in [0.25, 0.3) is 0 Å². The Labute approximate surface area is 113 Å². The Bertz CT molecular complexity index is 398. The summed E-state index contributed by atoms with van der Waals surface area (Å²) in [6.45, 7) is 5.17. The van der Waals surface area contributed by atoms with Crippen molar-refractivity contribution in [1.29, 1.82) is 0 Å². The minimum Gasteiger partial charge on any atom is -0.383 e. The lowest BCUT2D eigenvalue weighted by Crippen LogP contribution is -2.32. The molecule has 0 bridgehead atoms. The molecular weight excluding hydrogens is 252 g/mol. The predicted molar refractivity (Wildman–Crippen MR) is 74.3 cm³/mol. The lowest BCUT2D eigenvalue weighted by molar-refractivity contribution is -0.119. The molecule has 18 heavy (non-hydrogen) atoms. The first-order valence-electron chi connectivity index (χ1n) is 5.81. The number of halogens is 1. The van der Waals surface area contributed by atoms with E-state index in [9.17, 15) is 4.79 Å². The maximum atomic E-state index is 11.5. The van der Waals surface area contributed by atoms with E-state index in [1.165, 1.54) is 0 Å². The maximum absolute atomic E-state index is 11.5. The minimum absolute atomic E-state index is 0.0805. The summed E-state index contributed by atoms with van der Waals surface area (Å²) < 4.78 is 4.85. The molecule has 1 amide bonds. The highest BCUT2D eigenvalue weighted by molar-refractivity contribution is 6.33. The molecule has 100 valence electrons. The molecule has 0 radical (unpaired) electrons. The molecule has 5 heteroatoms. The Kier molecular flexibility index (Phi) is 5.95. The number of amides is 1. The molecule has 1 rings (SSSR count). The van der Waals surface area contributed by atoms with Crippen LogP contribution >= 0.6 is 11.6 Å². The van der Waals surface area contributed by atoms with Crippen molar-refractivity contribution in [3.63, 3.8) is 0 Å². The third-order valence-electron chi connectivity index (χ3n) is 2.49. The first kappa shape index (κ1) is 14.8. The first-order chi connectivity index (χ1) is 8.54. The lowest BCUT2D eigenvalue weighted by atomic mass is 10.1. The van der Waals surface area contributed by atoms with E-state index in [1.807, 2.05) is 26.0 Å². The van der Waals surface area contributed by atoms with Crippen molar-refractivity contribution in [2.75, 3.05) is 32.1 Å². The SMILES string of the molecule is COCCNC(=O)CNc1c(C)cc(C)cc1Cl. The number of benzene rings is 1. The third-order valence-corrected chi connectivity index (χ3v) is 2.78. The summed E-state index contributed by atoms with van der Waals surface area (Å²) in [7, 11) is 1.60. The number of carbonyl (C=O) groups is 1. The van der Waals surface area contributed by atoms with Gasteiger partial charge in [0.1, 0.15) is 0 Å². The Morgan fingerprint density at radius 1 is 1.39 bits per heavy atom. The number of carbonyl (C=O) groups excluding carboxylic acids is 1. The molecule has 0 saturated heterocycles. The molecule has 0 heterocycles. The second kappa shape index (κ2) is 7.24. The average molecular weight is 271 g/mol. The number of rotatable bonds is 6. The molecule has 0 aromatic heterocycles. The van der Waals surface area contributed by atoms with Crippen molar-refractivity contribution in [2.45, 2.75) is 13.8 Å². The van der Waals surface area contributed by atoms with Crippen LogP contribution < -0.4 is 10.6 Å². The summed E-state index contributed by atoms with van der Waals surface area (Å²) in [5.74, 6) is -0.0805. The van der Waals surface area contributed by atoms with Gasteiger partial charge >= 0.3 is 0 Å². The molecule has 0 saturated carbocycles. The molecule has 1 aromatic rings. The zero-order valence-corrected chi connectivity index (χ0v) is 11.7.